The highest BCUT2D eigenvalue weighted by atomic mass is 35.5. The van der Waals surface area contributed by atoms with Crippen molar-refractivity contribution in [1.29, 1.82) is 0 Å². The van der Waals surface area contributed by atoms with E-state index in [1.54, 1.807) is 0 Å². The second-order valence-corrected chi connectivity index (χ2v) is 5.29. The molecule has 2 aromatic carbocycles. The van der Waals surface area contributed by atoms with Gasteiger partial charge in [0, 0.05) is 11.6 Å². The number of halogens is 1. The molecule has 2 aromatic rings. The van der Waals surface area contributed by atoms with E-state index in [9.17, 15) is 0 Å². The van der Waals surface area contributed by atoms with Crippen molar-refractivity contribution in [2.45, 2.75) is 27.3 Å². The van der Waals surface area contributed by atoms with Crippen molar-refractivity contribution in [3.05, 3.63) is 58.1 Å². The molecule has 1 N–H and O–H groups in total. The van der Waals surface area contributed by atoms with Crippen LogP contribution in [-0.4, -0.2) is 6.61 Å². The van der Waals surface area contributed by atoms with Gasteiger partial charge in [0.05, 0.1) is 12.3 Å². The standard InChI is InChI=1S/C17H20ClNO/c1-4-20-17-8-7-15(18)10-16(17)19-11-14-6-5-12(2)9-13(14)3/h5-10,19H,4,11H2,1-3H3. The molecular weight excluding hydrogens is 270 g/mol. The van der Waals surface area contributed by atoms with Gasteiger partial charge in [0.2, 0.25) is 0 Å². The monoisotopic (exact) mass is 289 g/mol. The normalized spacial score (nSPS) is 10.4. The Balaban J connectivity index is 2.15. The highest BCUT2D eigenvalue weighted by molar-refractivity contribution is 6.30. The maximum absolute atomic E-state index is 6.06. The van der Waals surface area contributed by atoms with Crippen LogP contribution in [0.5, 0.6) is 5.75 Å². The van der Waals surface area contributed by atoms with Crippen molar-refractivity contribution in [3.8, 4) is 5.75 Å². The molecule has 0 fully saturated rings. The van der Waals surface area contributed by atoms with Crippen LogP contribution in [0.2, 0.25) is 5.02 Å². The molecular formula is C17H20ClNO. The minimum atomic E-state index is 0.639. The van der Waals surface area contributed by atoms with Gasteiger partial charge in [-0.1, -0.05) is 35.4 Å². The maximum atomic E-state index is 6.06. The number of hydrogen-bond acceptors (Lipinski definition) is 2. The third-order valence-corrected chi connectivity index (χ3v) is 3.44. The van der Waals surface area contributed by atoms with Gasteiger partial charge in [-0.3, -0.25) is 0 Å². The number of anilines is 1. The van der Waals surface area contributed by atoms with E-state index in [2.05, 4.69) is 37.4 Å². The number of hydrogen-bond donors (Lipinski definition) is 1. The summed E-state index contributed by atoms with van der Waals surface area (Å²) in [5.41, 5.74) is 4.78. The first-order valence-electron chi connectivity index (χ1n) is 6.82. The molecule has 0 atom stereocenters. The van der Waals surface area contributed by atoms with Gasteiger partial charge in [-0.05, 0) is 50.1 Å². The van der Waals surface area contributed by atoms with E-state index in [-0.39, 0.29) is 0 Å². The Morgan fingerprint density at radius 2 is 1.90 bits per heavy atom. The van der Waals surface area contributed by atoms with Gasteiger partial charge in [0.15, 0.2) is 0 Å². The van der Waals surface area contributed by atoms with E-state index in [1.165, 1.54) is 16.7 Å². The molecule has 0 aromatic heterocycles. The largest absolute Gasteiger partial charge is 0.492 e. The Bertz CT molecular complexity index is 596. The zero-order valence-corrected chi connectivity index (χ0v) is 12.9. The zero-order valence-electron chi connectivity index (χ0n) is 12.2. The molecule has 0 amide bonds. The van der Waals surface area contributed by atoms with Crippen LogP contribution in [0.15, 0.2) is 36.4 Å². The summed E-state index contributed by atoms with van der Waals surface area (Å²) in [7, 11) is 0. The number of rotatable bonds is 5. The lowest BCUT2D eigenvalue weighted by molar-refractivity contribution is 0.341. The zero-order chi connectivity index (χ0) is 14.5. The summed E-state index contributed by atoms with van der Waals surface area (Å²) in [4.78, 5) is 0. The molecule has 2 rings (SSSR count). The molecule has 0 unspecified atom stereocenters. The van der Waals surface area contributed by atoms with Gasteiger partial charge in [-0.15, -0.1) is 0 Å². The first kappa shape index (κ1) is 14.7. The molecule has 0 saturated carbocycles. The Morgan fingerprint density at radius 3 is 2.60 bits per heavy atom. The van der Waals surface area contributed by atoms with Crippen LogP contribution in [0, 0.1) is 13.8 Å². The van der Waals surface area contributed by atoms with Gasteiger partial charge in [-0.25, -0.2) is 0 Å². The number of ether oxygens (including phenoxy) is 1. The molecule has 20 heavy (non-hydrogen) atoms. The molecule has 2 nitrogen and oxygen atoms in total. The summed E-state index contributed by atoms with van der Waals surface area (Å²) in [5.74, 6) is 0.835. The topological polar surface area (TPSA) is 21.3 Å². The van der Waals surface area contributed by atoms with E-state index < -0.39 is 0 Å². The van der Waals surface area contributed by atoms with Gasteiger partial charge in [-0.2, -0.15) is 0 Å². The Hall–Kier alpha value is -1.67. The van der Waals surface area contributed by atoms with Crippen LogP contribution < -0.4 is 10.1 Å². The summed E-state index contributed by atoms with van der Waals surface area (Å²) < 4.78 is 5.61. The van der Waals surface area contributed by atoms with E-state index in [4.69, 9.17) is 16.3 Å². The molecule has 0 bridgehead atoms. The highest BCUT2D eigenvalue weighted by Gasteiger charge is 2.05. The lowest BCUT2D eigenvalue weighted by atomic mass is 10.1. The Morgan fingerprint density at radius 1 is 1.10 bits per heavy atom. The van der Waals surface area contributed by atoms with E-state index in [0.29, 0.717) is 11.6 Å². The van der Waals surface area contributed by atoms with Crippen molar-refractivity contribution in [1.82, 2.24) is 0 Å². The molecule has 0 saturated heterocycles. The summed E-state index contributed by atoms with van der Waals surface area (Å²) >= 11 is 6.06. The summed E-state index contributed by atoms with van der Waals surface area (Å²) in [5, 5.41) is 4.11. The van der Waals surface area contributed by atoms with Crippen LogP contribution in [0.4, 0.5) is 5.69 Å². The van der Waals surface area contributed by atoms with E-state index in [1.807, 2.05) is 25.1 Å². The van der Waals surface area contributed by atoms with Crippen molar-refractivity contribution < 1.29 is 4.74 Å². The maximum Gasteiger partial charge on any atom is 0.142 e. The molecule has 0 aliphatic rings. The van der Waals surface area contributed by atoms with Crippen molar-refractivity contribution >= 4 is 17.3 Å². The average Bonchev–Trinajstić information content (AvgIpc) is 2.41. The lowest BCUT2D eigenvalue weighted by Gasteiger charge is -2.14. The van der Waals surface area contributed by atoms with Crippen LogP contribution >= 0.6 is 11.6 Å². The number of nitrogens with one attached hydrogen (secondary N) is 1. The van der Waals surface area contributed by atoms with Crippen molar-refractivity contribution in [2.24, 2.45) is 0 Å². The fourth-order valence-corrected chi connectivity index (χ4v) is 2.33. The van der Waals surface area contributed by atoms with Crippen molar-refractivity contribution in [3.63, 3.8) is 0 Å². The minimum absolute atomic E-state index is 0.639. The number of aryl methyl sites for hydroxylation is 2. The van der Waals surface area contributed by atoms with E-state index >= 15 is 0 Å². The predicted octanol–water partition coefficient (Wildman–Crippen LogP) is 4.97. The average molecular weight is 290 g/mol. The van der Waals surface area contributed by atoms with Gasteiger partial charge >= 0.3 is 0 Å². The van der Waals surface area contributed by atoms with Gasteiger partial charge in [0.1, 0.15) is 5.75 Å². The minimum Gasteiger partial charge on any atom is -0.492 e. The summed E-state index contributed by atoms with van der Waals surface area (Å²) in [6.45, 7) is 7.61. The first-order chi connectivity index (χ1) is 9.60. The van der Waals surface area contributed by atoms with Crippen LogP contribution in [-0.2, 0) is 6.54 Å². The third-order valence-electron chi connectivity index (χ3n) is 3.21. The first-order valence-corrected chi connectivity index (χ1v) is 7.20. The fraction of sp³-hybridized carbons (Fsp3) is 0.294. The second-order valence-electron chi connectivity index (χ2n) is 4.86. The smallest absolute Gasteiger partial charge is 0.142 e. The summed E-state index contributed by atoms with van der Waals surface area (Å²) in [6.07, 6.45) is 0. The molecule has 0 aliphatic heterocycles. The van der Waals surface area contributed by atoms with Crippen LogP contribution in [0.1, 0.15) is 23.6 Å². The van der Waals surface area contributed by atoms with Crippen LogP contribution in [0.3, 0.4) is 0 Å². The summed E-state index contributed by atoms with van der Waals surface area (Å²) in [6, 6.07) is 12.1. The van der Waals surface area contributed by atoms with Gasteiger partial charge in [0.25, 0.3) is 0 Å². The quantitative estimate of drug-likeness (QED) is 0.839. The van der Waals surface area contributed by atoms with Gasteiger partial charge < -0.3 is 10.1 Å². The SMILES string of the molecule is CCOc1ccc(Cl)cc1NCc1ccc(C)cc1C. The molecule has 0 heterocycles. The predicted molar refractivity (Wildman–Crippen MR) is 85.9 cm³/mol. The second kappa shape index (κ2) is 6.67. The molecule has 0 radical (unpaired) electrons. The fourth-order valence-electron chi connectivity index (χ4n) is 2.16. The molecule has 3 heteroatoms. The molecule has 106 valence electrons. The number of benzene rings is 2. The molecule has 0 aliphatic carbocycles. The highest BCUT2D eigenvalue weighted by Crippen LogP contribution is 2.28. The lowest BCUT2D eigenvalue weighted by Crippen LogP contribution is -2.04. The van der Waals surface area contributed by atoms with Crippen LogP contribution in [0.25, 0.3) is 0 Å². The Labute approximate surface area is 125 Å². The third kappa shape index (κ3) is 3.67. The van der Waals surface area contributed by atoms with E-state index in [0.717, 1.165) is 18.0 Å². The Kier molecular flexibility index (Phi) is 4.91. The van der Waals surface area contributed by atoms with Crippen molar-refractivity contribution in [2.75, 3.05) is 11.9 Å². The molecule has 0 spiro atoms.